The predicted octanol–water partition coefficient (Wildman–Crippen LogP) is 3.60. The standard InChI is InChI=1S/C20H17NO6/c22-17-5-2-13(10-19(17)24)7-12-1-4-15(16(9-12)21(26)27)8-14-3-6-18(23)20(25)11-14/h1-6,9-11,22-25H,7-8H2. The molecule has 0 aliphatic heterocycles. The van der Waals surface area contributed by atoms with Gasteiger partial charge >= 0.3 is 0 Å². The molecule has 0 saturated carbocycles. The van der Waals surface area contributed by atoms with Crippen LogP contribution >= 0.6 is 0 Å². The fourth-order valence-corrected chi connectivity index (χ4v) is 2.85. The van der Waals surface area contributed by atoms with Crippen LogP contribution in [0.4, 0.5) is 5.69 Å². The van der Waals surface area contributed by atoms with Crippen LogP contribution in [0.25, 0.3) is 0 Å². The highest BCUT2D eigenvalue weighted by atomic mass is 16.6. The first-order valence-electron chi connectivity index (χ1n) is 8.11. The van der Waals surface area contributed by atoms with Gasteiger partial charge in [-0.25, -0.2) is 0 Å². The summed E-state index contributed by atoms with van der Waals surface area (Å²) in [6, 6.07) is 13.6. The van der Waals surface area contributed by atoms with E-state index in [0.717, 1.165) is 0 Å². The molecule has 3 aromatic rings. The number of aromatic hydroxyl groups is 4. The van der Waals surface area contributed by atoms with Gasteiger partial charge in [0.1, 0.15) is 0 Å². The molecule has 0 aliphatic carbocycles. The van der Waals surface area contributed by atoms with Gasteiger partial charge in [0.2, 0.25) is 0 Å². The van der Waals surface area contributed by atoms with Crippen LogP contribution in [0.1, 0.15) is 22.3 Å². The molecule has 7 heteroatoms. The molecule has 0 unspecified atom stereocenters. The van der Waals surface area contributed by atoms with Crippen LogP contribution in [0, 0.1) is 10.1 Å². The van der Waals surface area contributed by atoms with E-state index in [9.17, 15) is 30.5 Å². The minimum absolute atomic E-state index is 0.0527. The van der Waals surface area contributed by atoms with Crippen LogP contribution in [0.3, 0.4) is 0 Å². The zero-order valence-corrected chi connectivity index (χ0v) is 14.2. The first-order chi connectivity index (χ1) is 12.8. The Bertz CT molecular complexity index is 1020. The van der Waals surface area contributed by atoms with Gasteiger partial charge < -0.3 is 20.4 Å². The van der Waals surface area contributed by atoms with E-state index < -0.39 is 4.92 Å². The smallest absolute Gasteiger partial charge is 0.273 e. The quantitative estimate of drug-likeness (QED) is 0.310. The van der Waals surface area contributed by atoms with Crippen molar-refractivity contribution >= 4 is 5.69 Å². The molecule has 0 aromatic heterocycles. The molecular formula is C20H17NO6. The molecule has 4 N–H and O–H groups in total. The summed E-state index contributed by atoms with van der Waals surface area (Å²) >= 11 is 0. The van der Waals surface area contributed by atoms with E-state index in [0.29, 0.717) is 28.7 Å². The zero-order chi connectivity index (χ0) is 19.6. The van der Waals surface area contributed by atoms with Crippen molar-refractivity contribution in [1.29, 1.82) is 0 Å². The molecule has 0 aliphatic rings. The molecule has 7 nitrogen and oxygen atoms in total. The molecule has 3 aromatic carbocycles. The summed E-state index contributed by atoms with van der Waals surface area (Å²) in [6.45, 7) is 0. The molecule has 0 spiro atoms. The minimum Gasteiger partial charge on any atom is -0.504 e. The maximum Gasteiger partial charge on any atom is 0.273 e. The van der Waals surface area contributed by atoms with E-state index >= 15 is 0 Å². The zero-order valence-electron chi connectivity index (χ0n) is 14.2. The lowest BCUT2D eigenvalue weighted by atomic mass is 9.98. The van der Waals surface area contributed by atoms with E-state index in [-0.39, 0.29) is 35.1 Å². The van der Waals surface area contributed by atoms with Gasteiger partial charge in [0.15, 0.2) is 23.0 Å². The molecule has 0 atom stereocenters. The van der Waals surface area contributed by atoms with E-state index in [4.69, 9.17) is 0 Å². The molecule has 0 bridgehead atoms. The van der Waals surface area contributed by atoms with Crippen molar-refractivity contribution < 1.29 is 25.3 Å². The normalized spacial score (nSPS) is 10.7. The van der Waals surface area contributed by atoms with Crippen molar-refractivity contribution in [2.24, 2.45) is 0 Å². The highest BCUT2D eigenvalue weighted by molar-refractivity contribution is 5.49. The Labute approximate surface area is 154 Å². The van der Waals surface area contributed by atoms with Gasteiger partial charge in [0.25, 0.3) is 5.69 Å². The minimum atomic E-state index is -0.465. The topological polar surface area (TPSA) is 124 Å². The number of phenolic OH excluding ortho intramolecular Hbond substituents is 4. The molecule has 0 heterocycles. The van der Waals surface area contributed by atoms with E-state index in [2.05, 4.69) is 0 Å². The summed E-state index contributed by atoms with van der Waals surface area (Å²) in [6.07, 6.45) is 0.583. The van der Waals surface area contributed by atoms with Crippen LogP contribution in [0.5, 0.6) is 23.0 Å². The lowest BCUT2D eigenvalue weighted by Gasteiger charge is -2.08. The Kier molecular flexibility index (Phi) is 4.85. The lowest BCUT2D eigenvalue weighted by Crippen LogP contribution is -1.99. The summed E-state index contributed by atoms with van der Waals surface area (Å²) in [7, 11) is 0. The fraction of sp³-hybridized carbons (Fsp3) is 0.100. The summed E-state index contributed by atoms with van der Waals surface area (Å²) in [5, 5.41) is 49.4. The van der Waals surface area contributed by atoms with Gasteiger partial charge in [-0.3, -0.25) is 10.1 Å². The number of nitrogens with zero attached hydrogens (tertiary/aromatic N) is 1. The summed E-state index contributed by atoms with van der Waals surface area (Å²) in [4.78, 5) is 11.0. The molecule has 0 fully saturated rings. The summed E-state index contributed by atoms with van der Waals surface area (Å²) in [5.41, 5.74) is 2.44. The van der Waals surface area contributed by atoms with Crippen LogP contribution in [0.15, 0.2) is 54.6 Å². The Balaban J connectivity index is 1.89. The van der Waals surface area contributed by atoms with Gasteiger partial charge in [-0.1, -0.05) is 24.3 Å². The lowest BCUT2D eigenvalue weighted by molar-refractivity contribution is -0.385. The van der Waals surface area contributed by atoms with Crippen molar-refractivity contribution in [2.75, 3.05) is 0 Å². The summed E-state index contributed by atoms with van der Waals surface area (Å²) < 4.78 is 0. The van der Waals surface area contributed by atoms with Gasteiger partial charge in [0.05, 0.1) is 4.92 Å². The number of nitro benzene ring substituents is 1. The number of benzene rings is 3. The highest BCUT2D eigenvalue weighted by Gasteiger charge is 2.16. The van der Waals surface area contributed by atoms with Gasteiger partial charge in [0, 0.05) is 18.1 Å². The Hall–Kier alpha value is -3.74. The van der Waals surface area contributed by atoms with Gasteiger partial charge in [-0.05, 0) is 47.4 Å². The second-order valence-corrected chi connectivity index (χ2v) is 6.22. The molecule has 0 amide bonds. The van der Waals surface area contributed by atoms with Crippen molar-refractivity contribution in [3.05, 3.63) is 87.0 Å². The fourth-order valence-electron chi connectivity index (χ4n) is 2.85. The van der Waals surface area contributed by atoms with Crippen LogP contribution in [0.2, 0.25) is 0 Å². The molecule has 138 valence electrons. The third-order valence-electron chi connectivity index (χ3n) is 4.23. The van der Waals surface area contributed by atoms with Crippen LogP contribution in [-0.2, 0) is 12.8 Å². The van der Waals surface area contributed by atoms with Gasteiger partial charge in [-0.2, -0.15) is 0 Å². The summed E-state index contributed by atoms with van der Waals surface area (Å²) in [5.74, 6) is -0.998. The Morgan fingerprint density at radius 3 is 1.67 bits per heavy atom. The van der Waals surface area contributed by atoms with E-state index in [1.54, 1.807) is 24.3 Å². The third kappa shape index (κ3) is 4.09. The molecule has 27 heavy (non-hydrogen) atoms. The van der Waals surface area contributed by atoms with E-state index in [1.165, 1.54) is 30.3 Å². The molecule has 3 rings (SSSR count). The van der Waals surface area contributed by atoms with Crippen LogP contribution in [-0.4, -0.2) is 25.3 Å². The Morgan fingerprint density at radius 2 is 1.15 bits per heavy atom. The average Bonchev–Trinajstić information content (AvgIpc) is 2.62. The third-order valence-corrected chi connectivity index (χ3v) is 4.23. The largest absolute Gasteiger partial charge is 0.504 e. The first-order valence-corrected chi connectivity index (χ1v) is 8.11. The van der Waals surface area contributed by atoms with Crippen molar-refractivity contribution in [2.45, 2.75) is 12.8 Å². The van der Waals surface area contributed by atoms with Crippen LogP contribution < -0.4 is 0 Å². The highest BCUT2D eigenvalue weighted by Crippen LogP contribution is 2.30. The van der Waals surface area contributed by atoms with Crippen molar-refractivity contribution in [3.63, 3.8) is 0 Å². The number of phenols is 4. The SMILES string of the molecule is O=[N+]([O-])c1cc(Cc2ccc(O)c(O)c2)ccc1Cc1ccc(O)c(O)c1. The average molecular weight is 367 g/mol. The first kappa shape index (κ1) is 18.1. The predicted molar refractivity (Wildman–Crippen MR) is 98.3 cm³/mol. The maximum absolute atomic E-state index is 11.5. The maximum atomic E-state index is 11.5. The van der Waals surface area contributed by atoms with Gasteiger partial charge in [-0.15, -0.1) is 0 Å². The molecular weight excluding hydrogens is 350 g/mol. The number of nitro groups is 1. The molecule has 0 radical (unpaired) electrons. The number of rotatable bonds is 5. The Morgan fingerprint density at radius 1 is 0.667 bits per heavy atom. The van der Waals surface area contributed by atoms with E-state index in [1.807, 2.05) is 0 Å². The second kappa shape index (κ2) is 7.25. The monoisotopic (exact) mass is 367 g/mol. The van der Waals surface area contributed by atoms with Crippen molar-refractivity contribution in [3.8, 4) is 23.0 Å². The second-order valence-electron chi connectivity index (χ2n) is 6.22. The number of hydrogen-bond donors (Lipinski definition) is 4. The van der Waals surface area contributed by atoms with Crippen molar-refractivity contribution in [1.82, 2.24) is 0 Å². The molecule has 0 saturated heterocycles. The number of hydrogen-bond acceptors (Lipinski definition) is 6.